The van der Waals surface area contributed by atoms with Crippen LogP contribution in [0.2, 0.25) is 0 Å². The lowest BCUT2D eigenvalue weighted by atomic mass is 9.93. The van der Waals surface area contributed by atoms with Crippen molar-refractivity contribution in [2.45, 2.75) is 65.1 Å². The number of guanidine groups is 1. The van der Waals surface area contributed by atoms with Crippen LogP contribution in [-0.4, -0.2) is 45.1 Å². The van der Waals surface area contributed by atoms with Gasteiger partial charge in [-0.05, 0) is 37.5 Å². The van der Waals surface area contributed by atoms with Gasteiger partial charge in [-0.25, -0.2) is 4.99 Å². The van der Waals surface area contributed by atoms with Gasteiger partial charge in [0, 0.05) is 13.6 Å². The van der Waals surface area contributed by atoms with Gasteiger partial charge in [-0.2, -0.15) is 0 Å². The van der Waals surface area contributed by atoms with E-state index in [9.17, 15) is 5.11 Å². The van der Waals surface area contributed by atoms with E-state index in [4.69, 9.17) is 9.73 Å². The van der Waals surface area contributed by atoms with Gasteiger partial charge in [0.15, 0.2) is 11.8 Å². The summed E-state index contributed by atoms with van der Waals surface area (Å²) in [6, 6.07) is 7.84. The van der Waals surface area contributed by atoms with Gasteiger partial charge >= 0.3 is 0 Å². The standard InChI is InChI=1S/C22H36N6O2/c1-6-12-22(29,13-7-2)16-25-21(24-15-20-27-26-17(3)28(20)4)23-14-18-8-10-19(30-5)11-9-18/h8-11,29H,6-7,12-16H2,1-5H3,(H2,23,24,25). The van der Waals surface area contributed by atoms with Crippen molar-refractivity contribution >= 4 is 5.96 Å². The summed E-state index contributed by atoms with van der Waals surface area (Å²) in [5.41, 5.74) is 0.330. The summed E-state index contributed by atoms with van der Waals surface area (Å²) in [5, 5.41) is 25.9. The van der Waals surface area contributed by atoms with E-state index in [1.807, 2.05) is 42.8 Å². The second-order valence-corrected chi connectivity index (χ2v) is 7.67. The molecule has 166 valence electrons. The third-order valence-electron chi connectivity index (χ3n) is 5.19. The van der Waals surface area contributed by atoms with E-state index in [1.54, 1.807) is 7.11 Å². The van der Waals surface area contributed by atoms with Gasteiger partial charge in [0.1, 0.15) is 11.6 Å². The SMILES string of the molecule is CCCC(O)(CCC)CNC(=NCc1ccc(OC)cc1)NCc1nnc(C)n1C. The lowest BCUT2D eigenvalue weighted by molar-refractivity contribution is 0.0257. The van der Waals surface area contributed by atoms with Crippen LogP contribution in [0.25, 0.3) is 0 Å². The maximum atomic E-state index is 11.0. The Kier molecular flexibility index (Phi) is 9.11. The zero-order chi connectivity index (χ0) is 22.0. The molecule has 3 N–H and O–H groups in total. The van der Waals surface area contributed by atoms with E-state index in [2.05, 4.69) is 34.7 Å². The van der Waals surface area contributed by atoms with Crippen LogP contribution in [0.15, 0.2) is 29.3 Å². The number of aryl methyl sites for hydroxylation is 1. The molecule has 0 aliphatic carbocycles. The summed E-state index contributed by atoms with van der Waals surface area (Å²) >= 11 is 0. The number of hydrogen-bond donors (Lipinski definition) is 3. The first-order valence-corrected chi connectivity index (χ1v) is 10.6. The molecule has 0 bridgehead atoms. The molecule has 0 aliphatic heterocycles. The smallest absolute Gasteiger partial charge is 0.192 e. The fourth-order valence-electron chi connectivity index (χ4n) is 3.32. The second-order valence-electron chi connectivity index (χ2n) is 7.67. The van der Waals surface area contributed by atoms with Crippen LogP contribution in [0.1, 0.15) is 56.7 Å². The largest absolute Gasteiger partial charge is 0.497 e. The zero-order valence-electron chi connectivity index (χ0n) is 18.9. The monoisotopic (exact) mass is 416 g/mol. The highest BCUT2D eigenvalue weighted by atomic mass is 16.5. The topological polar surface area (TPSA) is 96.6 Å². The molecular formula is C22H36N6O2. The van der Waals surface area contributed by atoms with Gasteiger partial charge in [-0.1, -0.05) is 38.8 Å². The molecule has 8 heteroatoms. The number of aromatic nitrogens is 3. The van der Waals surface area contributed by atoms with Crippen molar-refractivity contribution in [3.63, 3.8) is 0 Å². The third-order valence-corrected chi connectivity index (χ3v) is 5.19. The average Bonchev–Trinajstić information content (AvgIpc) is 3.06. The Hall–Kier alpha value is -2.61. The Morgan fingerprint density at radius 1 is 1.13 bits per heavy atom. The van der Waals surface area contributed by atoms with Crippen LogP contribution in [0, 0.1) is 6.92 Å². The molecule has 0 saturated carbocycles. The minimum absolute atomic E-state index is 0.445. The van der Waals surface area contributed by atoms with Crippen molar-refractivity contribution in [1.82, 2.24) is 25.4 Å². The van der Waals surface area contributed by atoms with Crippen LogP contribution >= 0.6 is 0 Å². The number of nitrogens with zero attached hydrogens (tertiary/aromatic N) is 4. The molecule has 0 spiro atoms. The maximum absolute atomic E-state index is 11.0. The number of nitrogens with one attached hydrogen (secondary N) is 2. The predicted molar refractivity (Wildman–Crippen MR) is 119 cm³/mol. The molecule has 0 atom stereocenters. The molecule has 1 aromatic carbocycles. The number of methoxy groups -OCH3 is 1. The van der Waals surface area contributed by atoms with Gasteiger partial charge in [-0.3, -0.25) is 0 Å². The van der Waals surface area contributed by atoms with Crippen molar-refractivity contribution < 1.29 is 9.84 Å². The molecule has 0 fully saturated rings. The number of aliphatic imine (C=N–C) groups is 1. The summed E-state index contributed by atoms with van der Waals surface area (Å²) < 4.78 is 7.16. The highest BCUT2D eigenvalue weighted by Gasteiger charge is 2.25. The average molecular weight is 417 g/mol. The molecule has 1 aromatic heterocycles. The van der Waals surface area contributed by atoms with Crippen LogP contribution in [0.3, 0.4) is 0 Å². The van der Waals surface area contributed by atoms with Crippen LogP contribution < -0.4 is 15.4 Å². The first-order valence-electron chi connectivity index (χ1n) is 10.6. The van der Waals surface area contributed by atoms with E-state index in [1.165, 1.54) is 0 Å². The van der Waals surface area contributed by atoms with Gasteiger partial charge in [0.25, 0.3) is 0 Å². The van der Waals surface area contributed by atoms with E-state index in [0.717, 1.165) is 48.6 Å². The number of rotatable bonds is 11. The van der Waals surface area contributed by atoms with Crippen molar-refractivity contribution in [1.29, 1.82) is 0 Å². The van der Waals surface area contributed by atoms with E-state index >= 15 is 0 Å². The maximum Gasteiger partial charge on any atom is 0.192 e. The molecule has 0 unspecified atom stereocenters. The molecule has 30 heavy (non-hydrogen) atoms. The lowest BCUT2D eigenvalue weighted by Gasteiger charge is -2.28. The quantitative estimate of drug-likeness (QED) is 0.385. The Labute approximate surface area is 179 Å². The van der Waals surface area contributed by atoms with E-state index < -0.39 is 5.60 Å². The second kappa shape index (κ2) is 11.5. The highest BCUT2D eigenvalue weighted by molar-refractivity contribution is 5.79. The Morgan fingerprint density at radius 3 is 2.33 bits per heavy atom. The molecule has 0 radical (unpaired) electrons. The van der Waals surface area contributed by atoms with Gasteiger partial charge in [0.2, 0.25) is 0 Å². The van der Waals surface area contributed by atoms with Crippen LogP contribution in [-0.2, 0) is 20.1 Å². The number of hydrogen-bond acceptors (Lipinski definition) is 5. The highest BCUT2D eigenvalue weighted by Crippen LogP contribution is 2.18. The molecule has 0 amide bonds. The first kappa shape index (κ1) is 23.7. The Morgan fingerprint density at radius 2 is 1.80 bits per heavy atom. The van der Waals surface area contributed by atoms with Gasteiger partial charge < -0.3 is 25.0 Å². The fraction of sp³-hybridized carbons (Fsp3) is 0.591. The van der Waals surface area contributed by atoms with Gasteiger partial charge in [-0.15, -0.1) is 10.2 Å². The third kappa shape index (κ3) is 7.02. The fourth-order valence-corrected chi connectivity index (χ4v) is 3.32. The minimum atomic E-state index is -0.743. The van der Waals surface area contributed by atoms with Crippen molar-refractivity contribution in [3.05, 3.63) is 41.5 Å². The summed E-state index contributed by atoms with van der Waals surface area (Å²) in [5.74, 6) is 3.14. The molecule has 1 heterocycles. The first-order chi connectivity index (χ1) is 14.4. The van der Waals surface area contributed by atoms with Crippen LogP contribution in [0.5, 0.6) is 5.75 Å². The number of benzene rings is 1. The number of ether oxygens (including phenoxy) is 1. The predicted octanol–water partition coefficient (Wildman–Crippen LogP) is 2.70. The molecule has 8 nitrogen and oxygen atoms in total. The minimum Gasteiger partial charge on any atom is -0.497 e. The molecule has 2 aromatic rings. The summed E-state index contributed by atoms with van der Waals surface area (Å²) in [7, 11) is 3.59. The molecular weight excluding hydrogens is 380 g/mol. The number of aliphatic hydroxyl groups is 1. The summed E-state index contributed by atoms with van der Waals surface area (Å²) in [6.07, 6.45) is 3.37. The van der Waals surface area contributed by atoms with Crippen molar-refractivity contribution in [2.24, 2.45) is 12.0 Å². The molecule has 0 saturated heterocycles. The Bertz CT molecular complexity index is 794. The summed E-state index contributed by atoms with van der Waals surface area (Å²) in [6.45, 7) is 7.55. The Balaban J connectivity index is 2.10. The van der Waals surface area contributed by atoms with E-state index in [0.29, 0.717) is 25.6 Å². The van der Waals surface area contributed by atoms with Crippen molar-refractivity contribution in [2.75, 3.05) is 13.7 Å². The lowest BCUT2D eigenvalue weighted by Crippen LogP contribution is -2.47. The normalized spacial score (nSPS) is 12.1. The molecule has 0 aliphatic rings. The summed E-state index contributed by atoms with van der Waals surface area (Å²) in [4.78, 5) is 4.71. The van der Waals surface area contributed by atoms with Crippen LogP contribution in [0.4, 0.5) is 0 Å². The van der Waals surface area contributed by atoms with E-state index in [-0.39, 0.29) is 0 Å². The molecule has 2 rings (SSSR count). The van der Waals surface area contributed by atoms with Gasteiger partial charge in [0.05, 0.1) is 25.8 Å². The van der Waals surface area contributed by atoms with Crippen molar-refractivity contribution in [3.8, 4) is 5.75 Å². The zero-order valence-corrected chi connectivity index (χ0v) is 18.9.